The van der Waals surface area contributed by atoms with E-state index < -0.39 is 0 Å². The van der Waals surface area contributed by atoms with Gasteiger partial charge in [0.25, 0.3) is 0 Å². The summed E-state index contributed by atoms with van der Waals surface area (Å²) in [6.07, 6.45) is 1.78. The van der Waals surface area contributed by atoms with Gasteiger partial charge in [0.15, 0.2) is 5.70 Å². The van der Waals surface area contributed by atoms with Crippen molar-refractivity contribution in [3.05, 3.63) is 46.7 Å². The number of rotatable bonds is 2. The molecule has 0 bridgehead atoms. The molecule has 4 nitrogen and oxygen atoms in total. The monoisotopic (exact) mass is 252 g/mol. The summed E-state index contributed by atoms with van der Waals surface area (Å²) in [5.41, 5.74) is 1.98. The molecule has 0 saturated heterocycles. The van der Waals surface area contributed by atoms with Gasteiger partial charge in [-0.15, -0.1) is 26.3 Å². The van der Waals surface area contributed by atoms with Crippen LogP contribution in [0.2, 0.25) is 0 Å². The average Bonchev–Trinajstić information content (AvgIpc) is 3.04. The van der Waals surface area contributed by atoms with Crippen molar-refractivity contribution in [3.63, 3.8) is 0 Å². The molecule has 0 spiro atoms. The van der Waals surface area contributed by atoms with Crippen LogP contribution in [-0.2, 0) is 0 Å². The van der Waals surface area contributed by atoms with Gasteiger partial charge < -0.3 is 0 Å². The van der Waals surface area contributed by atoms with Crippen LogP contribution in [0.4, 0.5) is 0 Å². The molecule has 0 amide bonds. The molecule has 5 heteroatoms. The Bertz CT molecular complexity index is 714. The molecule has 0 radical (unpaired) electrons. The predicted octanol–water partition coefficient (Wildman–Crippen LogP) is 3.01. The first-order chi connectivity index (χ1) is 8.86. The van der Waals surface area contributed by atoms with Crippen molar-refractivity contribution in [1.29, 1.82) is 5.26 Å². The third-order valence-corrected chi connectivity index (χ3v) is 3.26. The van der Waals surface area contributed by atoms with Gasteiger partial charge in [-0.25, -0.2) is 0 Å². The molecule has 0 N–H and O–H groups in total. The van der Waals surface area contributed by atoms with Gasteiger partial charge in [0, 0.05) is 4.88 Å². The van der Waals surface area contributed by atoms with E-state index in [4.69, 9.17) is 0 Å². The molecule has 3 aromatic rings. The fraction of sp³-hybridized carbons (Fsp3) is 0. The summed E-state index contributed by atoms with van der Waals surface area (Å²) in [4.78, 5) is 2.39. The molecule has 0 saturated carbocycles. The molecular formula is C13H8N4S. The van der Waals surface area contributed by atoms with Crippen molar-refractivity contribution in [2.45, 2.75) is 0 Å². The minimum absolute atomic E-state index is 0.411. The summed E-state index contributed by atoms with van der Waals surface area (Å²) < 4.78 is 0. The molecule has 3 rings (SSSR count). The zero-order valence-corrected chi connectivity index (χ0v) is 10.1. The third kappa shape index (κ3) is 1.90. The highest BCUT2D eigenvalue weighted by atomic mass is 32.1. The van der Waals surface area contributed by atoms with E-state index in [-0.39, 0.29) is 0 Å². The summed E-state index contributed by atoms with van der Waals surface area (Å²) in [6.45, 7) is 0. The molecule has 86 valence electrons. The number of benzene rings is 1. The Kier molecular flexibility index (Phi) is 2.63. The molecule has 0 unspecified atom stereocenters. The lowest BCUT2D eigenvalue weighted by molar-refractivity contribution is 0.796. The second-order valence-electron chi connectivity index (χ2n) is 3.63. The Morgan fingerprint density at radius 1 is 1.17 bits per heavy atom. The maximum atomic E-state index is 9.19. The Morgan fingerprint density at radius 3 is 2.44 bits per heavy atom. The SMILES string of the molecule is N#C/C(=C\c1cccs1)n1nc2ccccc2n1. The molecule has 2 heterocycles. The maximum absolute atomic E-state index is 9.19. The topological polar surface area (TPSA) is 54.5 Å². The number of hydrogen-bond acceptors (Lipinski definition) is 4. The van der Waals surface area contributed by atoms with E-state index in [9.17, 15) is 5.26 Å². The highest BCUT2D eigenvalue weighted by Crippen LogP contribution is 2.16. The first kappa shape index (κ1) is 10.7. The zero-order valence-electron chi connectivity index (χ0n) is 9.32. The lowest BCUT2D eigenvalue weighted by Gasteiger charge is -1.94. The van der Waals surface area contributed by atoms with Gasteiger partial charge >= 0.3 is 0 Å². The van der Waals surface area contributed by atoms with Crippen LogP contribution < -0.4 is 0 Å². The Hall–Kier alpha value is -2.45. The van der Waals surface area contributed by atoms with E-state index in [1.165, 1.54) is 4.80 Å². The van der Waals surface area contributed by atoms with Crippen molar-refractivity contribution in [2.75, 3.05) is 0 Å². The first-order valence-corrected chi connectivity index (χ1v) is 6.22. The van der Waals surface area contributed by atoms with Crippen LogP contribution >= 0.6 is 11.3 Å². The van der Waals surface area contributed by atoms with Crippen LogP contribution in [0.1, 0.15) is 4.88 Å². The number of nitriles is 1. The normalized spacial score (nSPS) is 11.6. The molecule has 18 heavy (non-hydrogen) atoms. The maximum Gasteiger partial charge on any atom is 0.164 e. The minimum atomic E-state index is 0.411. The molecule has 0 aliphatic rings. The average molecular weight is 252 g/mol. The van der Waals surface area contributed by atoms with Gasteiger partial charge in [0.05, 0.1) is 0 Å². The number of thiophene rings is 1. The largest absolute Gasteiger partial charge is 0.191 e. The lowest BCUT2D eigenvalue weighted by atomic mass is 10.3. The second kappa shape index (κ2) is 4.43. The van der Waals surface area contributed by atoms with Crippen LogP contribution in [0.15, 0.2) is 41.8 Å². The van der Waals surface area contributed by atoms with E-state index in [0.29, 0.717) is 5.70 Å². The quantitative estimate of drug-likeness (QED) is 0.659. The van der Waals surface area contributed by atoms with Crippen LogP contribution in [0.5, 0.6) is 0 Å². The molecule has 2 aromatic heterocycles. The summed E-state index contributed by atoms with van der Waals surface area (Å²) in [5.74, 6) is 0. The Labute approximate surface area is 107 Å². The van der Waals surface area contributed by atoms with Crippen LogP contribution in [0.3, 0.4) is 0 Å². The summed E-state index contributed by atoms with van der Waals surface area (Å²) in [6, 6.07) is 13.6. The third-order valence-electron chi connectivity index (χ3n) is 2.44. The van der Waals surface area contributed by atoms with Crippen molar-refractivity contribution in [2.24, 2.45) is 0 Å². The zero-order chi connectivity index (χ0) is 12.4. The van der Waals surface area contributed by atoms with Crippen molar-refractivity contribution >= 4 is 34.1 Å². The lowest BCUT2D eigenvalue weighted by Crippen LogP contribution is -1.98. The molecule has 0 atom stereocenters. The van der Waals surface area contributed by atoms with Gasteiger partial charge in [-0.1, -0.05) is 18.2 Å². The van der Waals surface area contributed by atoms with Gasteiger partial charge in [-0.2, -0.15) is 5.26 Å². The fourth-order valence-electron chi connectivity index (χ4n) is 1.61. The smallest absolute Gasteiger partial charge is 0.164 e. The highest BCUT2D eigenvalue weighted by molar-refractivity contribution is 7.10. The standard InChI is InChI=1S/C13H8N4S/c14-9-10(8-11-4-3-7-18-11)17-15-12-5-1-2-6-13(12)16-17/h1-8H/b10-8+. The molecule has 0 aliphatic heterocycles. The Balaban J connectivity index is 2.09. The molecular weight excluding hydrogens is 244 g/mol. The fourth-order valence-corrected chi connectivity index (χ4v) is 2.26. The first-order valence-electron chi connectivity index (χ1n) is 5.34. The summed E-state index contributed by atoms with van der Waals surface area (Å²) >= 11 is 1.57. The summed E-state index contributed by atoms with van der Waals surface area (Å²) in [5, 5.41) is 19.7. The number of hydrogen-bond donors (Lipinski definition) is 0. The predicted molar refractivity (Wildman–Crippen MR) is 71.6 cm³/mol. The van der Waals surface area contributed by atoms with E-state index in [2.05, 4.69) is 16.3 Å². The molecule has 0 aliphatic carbocycles. The van der Waals surface area contributed by atoms with E-state index >= 15 is 0 Å². The van der Waals surface area contributed by atoms with Gasteiger partial charge in [0.2, 0.25) is 0 Å². The second-order valence-corrected chi connectivity index (χ2v) is 4.61. The van der Waals surface area contributed by atoms with E-state index in [0.717, 1.165) is 15.9 Å². The van der Waals surface area contributed by atoms with Crippen molar-refractivity contribution in [1.82, 2.24) is 15.0 Å². The van der Waals surface area contributed by atoms with E-state index in [1.807, 2.05) is 41.8 Å². The minimum Gasteiger partial charge on any atom is -0.191 e. The molecule has 0 fully saturated rings. The highest BCUT2D eigenvalue weighted by Gasteiger charge is 2.06. The summed E-state index contributed by atoms with van der Waals surface area (Å²) in [7, 11) is 0. The van der Waals surface area contributed by atoms with E-state index in [1.54, 1.807) is 17.4 Å². The van der Waals surface area contributed by atoms with Crippen LogP contribution in [0.25, 0.3) is 22.8 Å². The molecule has 1 aromatic carbocycles. The van der Waals surface area contributed by atoms with Gasteiger partial charge in [0.1, 0.15) is 17.1 Å². The number of aromatic nitrogens is 3. The van der Waals surface area contributed by atoms with Gasteiger partial charge in [-0.05, 0) is 29.7 Å². The number of nitrogens with zero attached hydrogens (tertiary/aromatic N) is 4. The number of fused-ring (bicyclic) bond motifs is 1. The van der Waals surface area contributed by atoms with Gasteiger partial charge in [-0.3, -0.25) is 0 Å². The van der Waals surface area contributed by atoms with Crippen LogP contribution in [0, 0.1) is 11.3 Å². The van der Waals surface area contributed by atoms with Crippen LogP contribution in [-0.4, -0.2) is 15.0 Å². The number of allylic oxidation sites excluding steroid dienone is 1. The van der Waals surface area contributed by atoms with Crippen molar-refractivity contribution in [3.8, 4) is 6.07 Å². The van der Waals surface area contributed by atoms with Crippen molar-refractivity contribution < 1.29 is 0 Å². The Morgan fingerprint density at radius 2 is 1.89 bits per heavy atom.